The van der Waals surface area contributed by atoms with Gasteiger partial charge in [0.2, 0.25) is 5.91 Å². The molecule has 0 unspecified atom stereocenters. The van der Waals surface area contributed by atoms with E-state index in [9.17, 15) is 4.79 Å². The molecule has 0 spiro atoms. The molecule has 24 heavy (non-hydrogen) atoms. The molecule has 1 atom stereocenters. The quantitative estimate of drug-likeness (QED) is 0.731. The zero-order chi connectivity index (χ0) is 16.5. The fraction of sp³-hybridized carbons (Fsp3) is 0.389. The Labute approximate surface area is 144 Å². The lowest BCUT2D eigenvalue weighted by Crippen LogP contribution is -2.39. The van der Waals surface area contributed by atoms with E-state index in [4.69, 9.17) is 9.51 Å². The maximum atomic E-state index is 12.5. The number of hydrogen-bond acceptors (Lipinski definition) is 5. The second-order valence-electron chi connectivity index (χ2n) is 6.31. The molecule has 1 amide bonds. The van der Waals surface area contributed by atoms with Crippen molar-refractivity contribution in [2.24, 2.45) is 0 Å². The van der Waals surface area contributed by atoms with Gasteiger partial charge in [-0.3, -0.25) is 4.79 Å². The van der Waals surface area contributed by atoms with Gasteiger partial charge in [-0.1, -0.05) is 17.3 Å². The summed E-state index contributed by atoms with van der Waals surface area (Å²) in [5.74, 6) is 1.08. The number of likely N-dealkylation sites (tertiary alicyclic amines) is 1. The first-order valence-corrected chi connectivity index (χ1v) is 9.06. The number of fused-ring (bicyclic) bond motifs is 1. The molecule has 124 valence electrons. The fourth-order valence-corrected chi connectivity index (χ4v) is 4.32. The third kappa shape index (κ3) is 3.06. The number of thiazole rings is 1. The molecule has 0 saturated carbocycles. The maximum absolute atomic E-state index is 12.5. The zero-order valence-corrected chi connectivity index (χ0v) is 14.4. The van der Waals surface area contributed by atoms with Crippen LogP contribution in [0.2, 0.25) is 0 Å². The average Bonchev–Trinajstić information content (AvgIpc) is 3.21. The van der Waals surface area contributed by atoms with E-state index in [1.54, 1.807) is 11.3 Å². The largest absolute Gasteiger partial charge is 0.361 e. The Bertz CT molecular complexity index is 837. The first kappa shape index (κ1) is 15.3. The number of aromatic nitrogens is 2. The predicted octanol–water partition coefficient (Wildman–Crippen LogP) is 3.54. The Morgan fingerprint density at radius 1 is 1.42 bits per heavy atom. The van der Waals surface area contributed by atoms with Crippen LogP contribution in [0.1, 0.15) is 35.2 Å². The van der Waals surface area contributed by atoms with Gasteiger partial charge in [-0.05, 0) is 31.9 Å². The second kappa shape index (κ2) is 6.36. The Morgan fingerprint density at radius 2 is 2.29 bits per heavy atom. The molecule has 2 aromatic heterocycles. The van der Waals surface area contributed by atoms with Crippen LogP contribution in [0.5, 0.6) is 0 Å². The van der Waals surface area contributed by atoms with Gasteiger partial charge < -0.3 is 9.42 Å². The monoisotopic (exact) mass is 341 g/mol. The summed E-state index contributed by atoms with van der Waals surface area (Å²) in [4.78, 5) is 19.3. The Morgan fingerprint density at radius 3 is 3.08 bits per heavy atom. The first-order valence-electron chi connectivity index (χ1n) is 8.24. The van der Waals surface area contributed by atoms with Gasteiger partial charge in [0, 0.05) is 25.1 Å². The van der Waals surface area contributed by atoms with Crippen molar-refractivity contribution in [3.05, 3.63) is 46.8 Å². The molecular formula is C18H19N3O2S. The summed E-state index contributed by atoms with van der Waals surface area (Å²) in [7, 11) is 0. The molecule has 4 rings (SSSR count). The van der Waals surface area contributed by atoms with Gasteiger partial charge in [-0.25, -0.2) is 4.98 Å². The summed E-state index contributed by atoms with van der Waals surface area (Å²) in [5, 5.41) is 4.99. The van der Waals surface area contributed by atoms with Gasteiger partial charge in [-0.15, -0.1) is 11.3 Å². The molecule has 3 heterocycles. The minimum Gasteiger partial charge on any atom is -0.361 e. The molecule has 6 heteroatoms. The summed E-state index contributed by atoms with van der Waals surface area (Å²) in [6.07, 6.45) is 2.39. The molecule has 5 nitrogen and oxygen atoms in total. The van der Waals surface area contributed by atoms with Crippen molar-refractivity contribution in [3.8, 4) is 0 Å². The lowest BCUT2D eigenvalue weighted by Gasteiger charge is -2.31. The van der Waals surface area contributed by atoms with E-state index in [-0.39, 0.29) is 12.3 Å². The van der Waals surface area contributed by atoms with E-state index < -0.39 is 0 Å². The van der Waals surface area contributed by atoms with E-state index in [1.165, 1.54) is 4.70 Å². The number of para-hydroxylation sites is 1. The summed E-state index contributed by atoms with van der Waals surface area (Å²) in [5.41, 5.74) is 1.86. The molecular weight excluding hydrogens is 322 g/mol. The van der Waals surface area contributed by atoms with Crippen molar-refractivity contribution in [3.63, 3.8) is 0 Å². The van der Waals surface area contributed by atoms with Crippen LogP contribution in [0.15, 0.2) is 34.9 Å². The lowest BCUT2D eigenvalue weighted by atomic mass is 9.98. The standard InChI is InChI=1S/C18H19N3O2S/c1-12-9-14(23-20-12)10-17(22)21-8-4-5-13(11-21)18-19-15-6-2-3-7-16(15)24-18/h2-3,6-7,9,13H,4-5,8,10-11H2,1H3/t13-/m1/s1. The van der Waals surface area contributed by atoms with Gasteiger partial charge in [0.05, 0.1) is 27.3 Å². The van der Waals surface area contributed by atoms with Crippen LogP contribution in [-0.2, 0) is 11.2 Å². The molecule has 3 aromatic rings. The van der Waals surface area contributed by atoms with E-state index in [1.807, 2.05) is 36.1 Å². The summed E-state index contributed by atoms with van der Waals surface area (Å²) >= 11 is 1.75. The van der Waals surface area contributed by atoms with Crippen LogP contribution in [0.25, 0.3) is 10.2 Å². The van der Waals surface area contributed by atoms with Crippen LogP contribution in [0.3, 0.4) is 0 Å². The van der Waals surface area contributed by atoms with Crippen LogP contribution in [0, 0.1) is 6.92 Å². The van der Waals surface area contributed by atoms with Crippen molar-refractivity contribution >= 4 is 27.5 Å². The van der Waals surface area contributed by atoms with Crippen molar-refractivity contribution in [2.75, 3.05) is 13.1 Å². The average molecular weight is 341 g/mol. The smallest absolute Gasteiger partial charge is 0.230 e. The van der Waals surface area contributed by atoms with Crippen LogP contribution < -0.4 is 0 Å². The molecule has 1 saturated heterocycles. The van der Waals surface area contributed by atoms with Gasteiger partial charge in [0.1, 0.15) is 5.76 Å². The number of piperidine rings is 1. The fourth-order valence-electron chi connectivity index (χ4n) is 3.23. The van der Waals surface area contributed by atoms with Crippen molar-refractivity contribution < 1.29 is 9.32 Å². The highest BCUT2D eigenvalue weighted by Gasteiger charge is 2.27. The third-order valence-corrected chi connectivity index (χ3v) is 5.63. The van der Waals surface area contributed by atoms with Gasteiger partial charge in [-0.2, -0.15) is 0 Å². The minimum absolute atomic E-state index is 0.108. The number of carbonyl (C=O) groups is 1. The molecule has 1 fully saturated rings. The highest BCUT2D eigenvalue weighted by Crippen LogP contribution is 2.33. The van der Waals surface area contributed by atoms with E-state index in [0.717, 1.165) is 42.1 Å². The third-order valence-electron chi connectivity index (χ3n) is 4.44. The van der Waals surface area contributed by atoms with Crippen molar-refractivity contribution in [1.29, 1.82) is 0 Å². The minimum atomic E-state index is 0.108. The van der Waals surface area contributed by atoms with Crippen molar-refractivity contribution in [2.45, 2.75) is 32.1 Å². The SMILES string of the molecule is Cc1cc(CC(=O)N2CCC[C@@H](c3nc4ccccc4s3)C2)on1. The van der Waals surface area contributed by atoms with E-state index in [2.05, 4.69) is 11.2 Å². The van der Waals surface area contributed by atoms with Crippen LogP contribution in [-0.4, -0.2) is 34.0 Å². The summed E-state index contributed by atoms with van der Waals surface area (Å²) < 4.78 is 6.39. The highest BCUT2D eigenvalue weighted by molar-refractivity contribution is 7.18. The summed E-state index contributed by atoms with van der Waals surface area (Å²) in [6, 6.07) is 10.0. The van der Waals surface area contributed by atoms with E-state index >= 15 is 0 Å². The molecule has 0 radical (unpaired) electrons. The topological polar surface area (TPSA) is 59.2 Å². The Balaban J connectivity index is 1.47. The molecule has 1 aliphatic heterocycles. The van der Waals surface area contributed by atoms with Crippen LogP contribution >= 0.6 is 11.3 Å². The highest BCUT2D eigenvalue weighted by atomic mass is 32.1. The number of hydrogen-bond donors (Lipinski definition) is 0. The number of carbonyl (C=O) groups excluding carboxylic acids is 1. The predicted molar refractivity (Wildman–Crippen MR) is 93.1 cm³/mol. The van der Waals surface area contributed by atoms with Gasteiger partial charge in [0.15, 0.2) is 0 Å². The second-order valence-corrected chi connectivity index (χ2v) is 7.37. The molecule has 1 aromatic carbocycles. The van der Waals surface area contributed by atoms with Gasteiger partial charge >= 0.3 is 0 Å². The lowest BCUT2D eigenvalue weighted by molar-refractivity contribution is -0.132. The number of aryl methyl sites for hydroxylation is 1. The first-order chi connectivity index (χ1) is 11.7. The number of nitrogens with zero attached hydrogens (tertiary/aromatic N) is 3. The number of amides is 1. The Kier molecular flexibility index (Phi) is 4.06. The summed E-state index contributed by atoms with van der Waals surface area (Å²) in [6.45, 7) is 3.42. The Hall–Kier alpha value is -2.21. The van der Waals surface area contributed by atoms with E-state index in [0.29, 0.717) is 11.7 Å². The van der Waals surface area contributed by atoms with Crippen LogP contribution in [0.4, 0.5) is 0 Å². The maximum Gasteiger partial charge on any atom is 0.230 e. The number of rotatable bonds is 3. The zero-order valence-electron chi connectivity index (χ0n) is 13.6. The van der Waals surface area contributed by atoms with Crippen molar-refractivity contribution in [1.82, 2.24) is 15.0 Å². The normalized spacial score (nSPS) is 18.2. The number of benzene rings is 1. The van der Waals surface area contributed by atoms with Gasteiger partial charge in [0.25, 0.3) is 0 Å². The molecule has 0 bridgehead atoms. The molecule has 0 N–H and O–H groups in total. The molecule has 0 aliphatic carbocycles. The molecule has 1 aliphatic rings.